The molecular weight excluding hydrogens is 334 g/mol. The topological polar surface area (TPSA) is 41.1 Å². The monoisotopic (exact) mass is 361 g/mol. The highest BCUT2D eigenvalue weighted by molar-refractivity contribution is 5.66. The third kappa shape index (κ3) is 4.06. The number of piperidine rings is 1. The van der Waals surface area contributed by atoms with Crippen LogP contribution in [-0.2, 0) is 6.54 Å². The summed E-state index contributed by atoms with van der Waals surface area (Å²) in [6, 6.07) is 17.1. The van der Waals surface area contributed by atoms with E-state index in [0.29, 0.717) is 5.92 Å². The molecule has 2 aromatic carbocycles. The van der Waals surface area contributed by atoms with Crippen molar-refractivity contribution in [3.8, 4) is 16.9 Å². The second kappa shape index (κ2) is 7.97. The highest BCUT2D eigenvalue weighted by Crippen LogP contribution is 2.33. The van der Waals surface area contributed by atoms with E-state index < -0.39 is 0 Å². The molecule has 0 saturated carbocycles. The molecule has 0 amide bonds. The zero-order valence-electron chi connectivity index (χ0n) is 16.1. The van der Waals surface area contributed by atoms with Crippen LogP contribution in [0.1, 0.15) is 35.6 Å². The van der Waals surface area contributed by atoms with E-state index in [-0.39, 0.29) is 0 Å². The van der Waals surface area contributed by atoms with Crippen LogP contribution in [0.4, 0.5) is 0 Å². The van der Waals surface area contributed by atoms with Gasteiger partial charge in [0.2, 0.25) is 0 Å². The lowest BCUT2D eigenvalue weighted by molar-refractivity contribution is 0.198. The van der Waals surface area contributed by atoms with Gasteiger partial charge < -0.3 is 4.74 Å². The molecule has 2 heterocycles. The Hall–Kier alpha value is -2.59. The molecule has 1 fully saturated rings. The summed E-state index contributed by atoms with van der Waals surface area (Å²) in [5.74, 6) is 1.41. The van der Waals surface area contributed by atoms with Gasteiger partial charge in [-0.1, -0.05) is 42.0 Å². The van der Waals surface area contributed by atoms with Crippen LogP contribution in [0, 0.1) is 6.92 Å². The third-order valence-corrected chi connectivity index (χ3v) is 5.51. The molecule has 4 rings (SSSR count). The van der Waals surface area contributed by atoms with Crippen LogP contribution in [0.25, 0.3) is 11.1 Å². The van der Waals surface area contributed by atoms with Gasteiger partial charge in [-0.15, -0.1) is 0 Å². The summed E-state index contributed by atoms with van der Waals surface area (Å²) >= 11 is 0. The Labute approximate surface area is 161 Å². The summed E-state index contributed by atoms with van der Waals surface area (Å²) in [6.07, 6.45) is 4.40. The van der Waals surface area contributed by atoms with Gasteiger partial charge in [0.1, 0.15) is 5.75 Å². The van der Waals surface area contributed by atoms with Crippen molar-refractivity contribution in [3.05, 3.63) is 71.5 Å². The van der Waals surface area contributed by atoms with Crippen molar-refractivity contribution in [2.24, 2.45) is 0 Å². The van der Waals surface area contributed by atoms with Gasteiger partial charge in [0.15, 0.2) is 0 Å². The second-order valence-electron chi connectivity index (χ2n) is 7.49. The molecule has 27 heavy (non-hydrogen) atoms. The SMILES string of the molecule is COc1ccc(CN2CCCC(c3[nH]ncc3-c3ccc(C)cc3)C2)cc1. The third-order valence-electron chi connectivity index (χ3n) is 5.51. The Morgan fingerprint density at radius 2 is 1.89 bits per heavy atom. The average molecular weight is 361 g/mol. The minimum atomic E-state index is 0.496. The summed E-state index contributed by atoms with van der Waals surface area (Å²) in [4.78, 5) is 2.55. The number of H-pyrrole nitrogens is 1. The van der Waals surface area contributed by atoms with Crippen molar-refractivity contribution in [2.75, 3.05) is 20.2 Å². The number of rotatable bonds is 5. The van der Waals surface area contributed by atoms with Gasteiger partial charge in [-0.05, 0) is 49.6 Å². The van der Waals surface area contributed by atoms with Crippen LogP contribution < -0.4 is 4.74 Å². The zero-order valence-corrected chi connectivity index (χ0v) is 16.1. The van der Waals surface area contributed by atoms with Crippen LogP contribution >= 0.6 is 0 Å². The van der Waals surface area contributed by atoms with E-state index in [2.05, 4.69) is 58.4 Å². The van der Waals surface area contributed by atoms with E-state index >= 15 is 0 Å². The fourth-order valence-electron chi connectivity index (χ4n) is 3.99. The molecule has 1 aromatic heterocycles. The number of methoxy groups -OCH3 is 1. The number of aromatic amines is 1. The predicted molar refractivity (Wildman–Crippen MR) is 109 cm³/mol. The predicted octanol–water partition coefficient (Wildman–Crippen LogP) is 4.77. The first-order valence-corrected chi connectivity index (χ1v) is 9.68. The maximum atomic E-state index is 5.26. The number of benzene rings is 2. The van der Waals surface area contributed by atoms with E-state index in [4.69, 9.17) is 4.74 Å². The standard InChI is InChI=1S/C23H27N3O/c1-17-5-9-19(10-6-17)22-14-24-25-23(22)20-4-3-13-26(16-20)15-18-7-11-21(27-2)12-8-18/h5-12,14,20H,3-4,13,15-16H2,1-2H3,(H,24,25). The molecule has 0 spiro atoms. The maximum Gasteiger partial charge on any atom is 0.118 e. The summed E-state index contributed by atoms with van der Waals surface area (Å²) < 4.78 is 5.26. The van der Waals surface area contributed by atoms with Gasteiger partial charge in [0.05, 0.1) is 13.3 Å². The lowest BCUT2D eigenvalue weighted by Gasteiger charge is -2.32. The number of hydrogen-bond acceptors (Lipinski definition) is 3. The summed E-state index contributed by atoms with van der Waals surface area (Å²) in [7, 11) is 1.71. The Kier molecular flexibility index (Phi) is 5.26. The maximum absolute atomic E-state index is 5.26. The van der Waals surface area contributed by atoms with Crippen molar-refractivity contribution < 1.29 is 4.74 Å². The fraction of sp³-hybridized carbons (Fsp3) is 0.348. The smallest absolute Gasteiger partial charge is 0.118 e. The van der Waals surface area contributed by atoms with Gasteiger partial charge in [-0.3, -0.25) is 10.00 Å². The first-order valence-electron chi connectivity index (χ1n) is 9.68. The Morgan fingerprint density at radius 3 is 2.63 bits per heavy atom. The number of aromatic nitrogens is 2. The number of nitrogens with zero attached hydrogens (tertiary/aromatic N) is 2. The first kappa shape index (κ1) is 17.8. The van der Waals surface area contributed by atoms with E-state index in [1.165, 1.54) is 40.8 Å². The van der Waals surface area contributed by atoms with Crippen molar-refractivity contribution >= 4 is 0 Å². The Morgan fingerprint density at radius 1 is 1.11 bits per heavy atom. The average Bonchev–Trinajstić information content (AvgIpc) is 3.19. The number of ether oxygens (including phenoxy) is 1. The largest absolute Gasteiger partial charge is 0.497 e. The fourth-order valence-corrected chi connectivity index (χ4v) is 3.99. The van der Waals surface area contributed by atoms with Crippen molar-refractivity contribution in [1.82, 2.24) is 15.1 Å². The van der Waals surface area contributed by atoms with Crippen LogP contribution in [0.15, 0.2) is 54.7 Å². The quantitative estimate of drug-likeness (QED) is 0.711. The van der Waals surface area contributed by atoms with E-state index in [9.17, 15) is 0 Å². The molecular formula is C23H27N3O. The molecule has 1 atom stereocenters. The Balaban J connectivity index is 1.48. The minimum Gasteiger partial charge on any atom is -0.497 e. The van der Waals surface area contributed by atoms with Crippen molar-refractivity contribution in [3.63, 3.8) is 0 Å². The molecule has 0 radical (unpaired) electrons. The summed E-state index contributed by atoms with van der Waals surface area (Å²) in [6.45, 7) is 5.32. The molecule has 4 heteroatoms. The van der Waals surface area contributed by atoms with Crippen molar-refractivity contribution in [1.29, 1.82) is 0 Å². The van der Waals surface area contributed by atoms with Gasteiger partial charge in [-0.2, -0.15) is 5.10 Å². The van der Waals surface area contributed by atoms with Gasteiger partial charge in [0.25, 0.3) is 0 Å². The molecule has 1 aliphatic heterocycles. The van der Waals surface area contributed by atoms with Gasteiger partial charge >= 0.3 is 0 Å². The molecule has 1 aliphatic rings. The molecule has 3 aromatic rings. The van der Waals surface area contributed by atoms with Crippen LogP contribution in [0.3, 0.4) is 0 Å². The zero-order chi connectivity index (χ0) is 18.6. The molecule has 1 saturated heterocycles. The minimum absolute atomic E-state index is 0.496. The van der Waals surface area contributed by atoms with E-state index in [0.717, 1.165) is 25.4 Å². The van der Waals surface area contributed by atoms with Gasteiger partial charge in [0, 0.05) is 30.3 Å². The lowest BCUT2D eigenvalue weighted by Crippen LogP contribution is -2.34. The molecule has 0 bridgehead atoms. The molecule has 140 valence electrons. The number of hydrogen-bond donors (Lipinski definition) is 1. The molecule has 1 N–H and O–H groups in total. The van der Waals surface area contributed by atoms with Crippen LogP contribution in [0.2, 0.25) is 0 Å². The van der Waals surface area contributed by atoms with Crippen molar-refractivity contribution in [2.45, 2.75) is 32.2 Å². The molecule has 0 aliphatic carbocycles. The normalized spacial score (nSPS) is 17.8. The molecule has 1 unspecified atom stereocenters. The van der Waals surface area contributed by atoms with Crippen LogP contribution in [0.5, 0.6) is 5.75 Å². The second-order valence-corrected chi connectivity index (χ2v) is 7.49. The lowest BCUT2D eigenvalue weighted by atomic mass is 9.90. The van der Waals surface area contributed by atoms with E-state index in [1.807, 2.05) is 18.3 Å². The summed E-state index contributed by atoms with van der Waals surface area (Å²) in [5.41, 5.74) is 6.38. The number of likely N-dealkylation sites (tertiary alicyclic amines) is 1. The van der Waals surface area contributed by atoms with Gasteiger partial charge in [-0.25, -0.2) is 0 Å². The van der Waals surface area contributed by atoms with E-state index in [1.54, 1.807) is 7.11 Å². The highest BCUT2D eigenvalue weighted by Gasteiger charge is 2.25. The molecule has 4 nitrogen and oxygen atoms in total. The highest BCUT2D eigenvalue weighted by atomic mass is 16.5. The number of nitrogens with one attached hydrogen (secondary N) is 1. The Bertz CT molecular complexity index is 867. The van der Waals surface area contributed by atoms with Crippen LogP contribution in [-0.4, -0.2) is 35.3 Å². The summed E-state index contributed by atoms with van der Waals surface area (Å²) in [5, 5.41) is 7.66. The number of aryl methyl sites for hydroxylation is 1. The first-order chi connectivity index (χ1) is 13.2.